The van der Waals surface area contributed by atoms with Crippen molar-refractivity contribution in [3.63, 3.8) is 0 Å². The Morgan fingerprint density at radius 1 is 1.22 bits per heavy atom. The third-order valence-corrected chi connectivity index (χ3v) is 5.98. The first kappa shape index (κ1) is 21.9. The van der Waals surface area contributed by atoms with Gasteiger partial charge in [0.25, 0.3) is 0 Å². The van der Waals surface area contributed by atoms with E-state index in [1.165, 1.54) is 11.9 Å². The molecule has 0 aliphatic carbocycles. The quantitative estimate of drug-likeness (QED) is 0.441. The normalized spacial score (nSPS) is 17.9. The van der Waals surface area contributed by atoms with Crippen LogP contribution in [0.4, 0.5) is 5.82 Å². The van der Waals surface area contributed by atoms with E-state index >= 15 is 0 Å². The number of nitrogens with two attached hydrogens (primary N) is 1. The average Bonchev–Trinajstić information content (AvgIpc) is 3.46. The zero-order valence-corrected chi connectivity index (χ0v) is 18.5. The molecule has 2 atom stereocenters. The van der Waals surface area contributed by atoms with Gasteiger partial charge in [-0.2, -0.15) is 0 Å². The van der Waals surface area contributed by atoms with E-state index in [2.05, 4.69) is 44.5 Å². The molecule has 1 fully saturated rings. The number of nitrogens with zero attached hydrogens (tertiary/aromatic N) is 4. The number of anilines is 1. The van der Waals surface area contributed by atoms with Crippen molar-refractivity contribution in [2.24, 2.45) is 0 Å². The molecule has 0 amide bonds. The minimum Gasteiger partial charge on any atom is -0.480 e. The van der Waals surface area contributed by atoms with E-state index in [0.29, 0.717) is 16.7 Å². The SMILES string of the molecule is C#C.COc1ncnc2c1ccn2C1CCC(CCc2ccc3cc(Cl)c(N)nc3c2)O1. The van der Waals surface area contributed by atoms with E-state index < -0.39 is 0 Å². The van der Waals surface area contributed by atoms with Crippen molar-refractivity contribution in [3.05, 3.63) is 53.4 Å². The number of terminal acetylenes is 1. The highest BCUT2D eigenvalue weighted by atomic mass is 35.5. The Kier molecular flexibility index (Phi) is 6.45. The molecular formula is C24H24ClN5O2. The fourth-order valence-corrected chi connectivity index (χ4v) is 4.29. The molecule has 164 valence electrons. The maximum atomic E-state index is 6.34. The van der Waals surface area contributed by atoms with E-state index in [9.17, 15) is 0 Å². The molecule has 7 nitrogen and oxygen atoms in total. The summed E-state index contributed by atoms with van der Waals surface area (Å²) < 4.78 is 13.7. The number of rotatable bonds is 5. The van der Waals surface area contributed by atoms with Crippen LogP contribution < -0.4 is 10.5 Å². The smallest absolute Gasteiger partial charge is 0.225 e. The van der Waals surface area contributed by atoms with Gasteiger partial charge in [0.1, 0.15) is 24.0 Å². The Bertz CT molecular complexity index is 1270. The fraction of sp³-hybridized carbons (Fsp3) is 0.292. The molecule has 0 radical (unpaired) electrons. The molecular weight excluding hydrogens is 426 g/mol. The number of pyridine rings is 1. The molecule has 4 heterocycles. The summed E-state index contributed by atoms with van der Waals surface area (Å²) in [7, 11) is 1.62. The van der Waals surface area contributed by atoms with Gasteiger partial charge in [-0.3, -0.25) is 0 Å². The molecule has 3 aromatic heterocycles. The highest BCUT2D eigenvalue weighted by Gasteiger charge is 2.27. The lowest BCUT2D eigenvalue weighted by Crippen LogP contribution is -2.12. The largest absolute Gasteiger partial charge is 0.480 e. The van der Waals surface area contributed by atoms with Crippen molar-refractivity contribution in [2.45, 2.75) is 38.0 Å². The summed E-state index contributed by atoms with van der Waals surface area (Å²) in [5, 5.41) is 2.38. The van der Waals surface area contributed by atoms with E-state index in [1.54, 1.807) is 7.11 Å². The van der Waals surface area contributed by atoms with Crippen LogP contribution in [-0.4, -0.2) is 32.7 Å². The number of aromatic nitrogens is 4. The lowest BCUT2D eigenvalue weighted by Gasteiger charge is -2.16. The molecule has 1 aromatic carbocycles. The molecule has 0 saturated carbocycles. The van der Waals surface area contributed by atoms with Crippen molar-refractivity contribution in [2.75, 3.05) is 12.8 Å². The Morgan fingerprint density at radius 3 is 2.88 bits per heavy atom. The summed E-state index contributed by atoms with van der Waals surface area (Å²) >= 11 is 6.06. The van der Waals surface area contributed by atoms with Crippen molar-refractivity contribution in [1.82, 2.24) is 19.5 Å². The topological polar surface area (TPSA) is 88.1 Å². The maximum Gasteiger partial charge on any atom is 0.225 e. The second-order valence-corrected chi connectivity index (χ2v) is 7.96. The Morgan fingerprint density at radius 2 is 2.06 bits per heavy atom. The predicted octanol–water partition coefficient (Wildman–Crippen LogP) is 4.78. The van der Waals surface area contributed by atoms with Crippen molar-refractivity contribution < 1.29 is 9.47 Å². The highest BCUT2D eigenvalue weighted by molar-refractivity contribution is 6.33. The molecule has 4 aromatic rings. The zero-order valence-electron chi connectivity index (χ0n) is 17.7. The third kappa shape index (κ3) is 4.20. The number of benzene rings is 1. The predicted molar refractivity (Wildman–Crippen MR) is 127 cm³/mol. The van der Waals surface area contributed by atoms with E-state index in [4.69, 9.17) is 26.8 Å². The van der Waals surface area contributed by atoms with Crippen LogP contribution in [0.2, 0.25) is 5.02 Å². The summed E-state index contributed by atoms with van der Waals surface area (Å²) in [6.07, 6.45) is 15.5. The Hall–Kier alpha value is -3.34. The van der Waals surface area contributed by atoms with Gasteiger partial charge in [0.05, 0.1) is 29.1 Å². The van der Waals surface area contributed by atoms with Crippen LogP contribution in [0.1, 0.15) is 31.1 Å². The van der Waals surface area contributed by atoms with Crippen LogP contribution in [-0.2, 0) is 11.2 Å². The molecule has 5 rings (SSSR count). The monoisotopic (exact) mass is 449 g/mol. The van der Waals surface area contributed by atoms with Crippen LogP contribution in [0, 0.1) is 12.8 Å². The minimum absolute atomic E-state index is 0.0210. The molecule has 1 saturated heterocycles. The molecule has 32 heavy (non-hydrogen) atoms. The lowest BCUT2D eigenvalue weighted by molar-refractivity contribution is 0.00119. The van der Waals surface area contributed by atoms with Gasteiger partial charge in [-0.25, -0.2) is 15.0 Å². The standard InChI is InChI=1S/C22H22ClN5O2.C2H2/c1-29-22-16-8-9-28(21(16)25-12-26-22)19-7-6-15(30-19)5-3-13-2-4-14-11-17(23)20(24)27-18(14)10-13;1-2/h2,4,8-12,15,19H,3,5-7H2,1H3,(H2,24,27);1-2H. The van der Waals surface area contributed by atoms with Crippen LogP contribution >= 0.6 is 11.6 Å². The van der Waals surface area contributed by atoms with Gasteiger partial charge in [-0.1, -0.05) is 23.7 Å². The van der Waals surface area contributed by atoms with E-state index in [0.717, 1.165) is 47.6 Å². The highest BCUT2D eigenvalue weighted by Crippen LogP contribution is 2.34. The molecule has 0 spiro atoms. The first-order chi connectivity index (χ1) is 15.6. The fourth-order valence-electron chi connectivity index (χ4n) is 4.13. The average molecular weight is 450 g/mol. The van der Waals surface area contributed by atoms with Crippen molar-refractivity contribution in [3.8, 4) is 18.7 Å². The number of nitrogen functional groups attached to an aromatic ring is 1. The lowest BCUT2D eigenvalue weighted by atomic mass is 10.0. The first-order valence-corrected chi connectivity index (χ1v) is 10.7. The summed E-state index contributed by atoms with van der Waals surface area (Å²) in [5.41, 5.74) is 8.77. The van der Waals surface area contributed by atoms with Crippen LogP contribution in [0.25, 0.3) is 21.9 Å². The van der Waals surface area contributed by atoms with Gasteiger partial charge in [-0.05, 0) is 49.4 Å². The third-order valence-electron chi connectivity index (χ3n) is 5.68. The van der Waals surface area contributed by atoms with Gasteiger partial charge in [-0.15, -0.1) is 12.8 Å². The molecule has 8 heteroatoms. The number of methoxy groups -OCH3 is 1. The second-order valence-electron chi connectivity index (χ2n) is 7.55. The number of fused-ring (bicyclic) bond motifs is 2. The molecule has 2 unspecified atom stereocenters. The minimum atomic E-state index is -0.0210. The number of hydrogen-bond donors (Lipinski definition) is 1. The molecule has 0 bridgehead atoms. The summed E-state index contributed by atoms with van der Waals surface area (Å²) in [4.78, 5) is 13.0. The van der Waals surface area contributed by atoms with Gasteiger partial charge in [0.2, 0.25) is 5.88 Å². The number of aryl methyl sites for hydroxylation is 1. The summed E-state index contributed by atoms with van der Waals surface area (Å²) in [5.74, 6) is 0.947. The number of halogens is 1. The Labute approximate surface area is 191 Å². The van der Waals surface area contributed by atoms with Gasteiger partial charge in [0, 0.05) is 11.6 Å². The second kappa shape index (κ2) is 9.43. The van der Waals surface area contributed by atoms with Gasteiger partial charge < -0.3 is 19.8 Å². The number of ether oxygens (including phenoxy) is 2. The first-order valence-electron chi connectivity index (χ1n) is 10.3. The molecule has 1 aliphatic heterocycles. The maximum absolute atomic E-state index is 6.34. The van der Waals surface area contributed by atoms with Crippen LogP contribution in [0.15, 0.2) is 42.9 Å². The summed E-state index contributed by atoms with van der Waals surface area (Å²) in [6.45, 7) is 0. The number of hydrogen-bond acceptors (Lipinski definition) is 6. The van der Waals surface area contributed by atoms with Gasteiger partial charge >= 0.3 is 0 Å². The van der Waals surface area contributed by atoms with Crippen molar-refractivity contribution >= 4 is 39.4 Å². The van der Waals surface area contributed by atoms with Gasteiger partial charge in [0.15, 0.2) is 0 Å². The van der Waals surface area contributed by atoms with Crippen molar-refractivity contribution in [1.29, 1.82) is 0 Å². The summed E-state index contributed by atoms with van der Waals surface area (Å²) in [6, 6.07) is 10.1. The Balaban J connectivity index is 0.00000119. The molecule has 2 N–H and O–H groups in total. The molecule has 1 aliphatic rings. The zero-order chi connectivity index (χ0) is 22.7. The van der Waals surface area contributed by atoms with E-state index in [1.807, 2.05) is 24.4 Å². The van der Waals surface area contributed by atoms with Crippen LogP contribution in [0.3, 0.4) is 0 Å². The van der Waals surface area contributed by atoms with Crippen LogP contribution in [0.5, 0.6) is 5.88 Å². The van der Waals surface area contributed by atoms with E-state index in [-0.39, 0.29) is 12.3 Å².